The zero-order valence-electron chi connectivity index (χ0n) is 17.2. The number of hydrogen-bond acceptors (Lipinski definition) is 6. The third kappa shape index (κ3) is 4.93. The maximum absolute atomic E-state index is 12.7. The number of pyridine rings is 1. The van der Waals surface area contributed by atoms with Gasteiger partial charge >= 0.3 is 5.97 Å². The van der Waals surface area contributed by atoms with Crippen molar-refractivity contribution in [3.63, 3.8) is 0 Å². The van der Waals surface area contributed by atoms with Gasteiger partial charge in [0.15, 0.2) is 0 Å². The van der Waals surface area contributed by atoms with Gasteiger partial charge in [0.05, 0.1) is 11.5 Å². The summed E-state index contributed by atoms with van der Waals surface area (Å²) >= 11 is 0. The van der Waals surface area contributed by atoms with Crippen LogP contribution in [0, 0.1) is 0 Å². The fraction of sp³-hybridized carbons (Fsp3) is 0.136. The van der Waals surface area contributed by atoms with Gasteiger partial charge in [-0.1, -0.05) is 6.08 Å². The molecule has 3 rings (SSSR count). The van der Waals surface area contributed by atoms with Crippen molar-refractivity contribution in [2.24, 2.45) is 0 Å². The Bertz CT molecular complexity index is 1340. The summed E-state index contributed by atoms with van der Waals surface area (Å²) in [5.74, 6) is -1.23. The molecule has 10 heteroatoms. The quantitative estimate of drug-likeness (QED) is 0.353. The molecular formula is C22H21N3O6S. The van der Waals surface area contributed by atoms with Gasteiger partial charge in [-0.3, -0.25) is 9.59 Å². The number of carbonyl (C=O) groups excluding carboxylic acids is 2. The molecule has 3 N–H and O–H groups in total. The lowest BCUT2D eigenvalue weighted by molar-refractivity contribution is 0.0524. The van der Waals surface area contributed by atoms with Crippen molar-refractivity contribution >= 4 is 38.5 Å². The molecular weight excluding hydrogens is 434 g/mol. The highest BCUT2D eigenvalue weighted by atomic mass is 32.2. The van der Waals surface area contributed by atoms with E-state index in [1.54, 1.807) is 19.1 Å². The lowest BCUT2D eigenvalue weighted by atomic mass is 10.1. The van der Waals surface area contributed by atoms with Gasteiger partial charge in [-0.25, -0.2) is 17.9 Å². The second-order valence-corrected chi connectivity index (χ2v) is 8.40. The van der Waals surface area contributed by atoms with E-state index in [1.165, 1.54) is 42.6 Å². The lowest BCUT2D eigenvalue weighted by Gasteiger charge is -2.09. The largest absolute Gasteiger partial charge is 0.462 e. The van der Waals surface area contributed by atoms with Gasteiger partial charge in [0, 0.05) is 34.9 Å². The van der Waals surface area contributed by atoms with Gasteiger partial charge in [0.2, 0.25) is 15.5 Å². The van der Waals surface area contributed by atoms with Crippen molar-refractivity contribution in [1.29, 1.82) is 0 Å². The fourth-order valence-corrected chi connectivity index (χ4v) is 3.90. The number of aromatic nitrogens is 1. The maximum atomic E-state index is 12.7. The van der Waals surface area contributed by atoms with E-state index in [0.717, 1.165) is 0 Å². The van der Waals surface area contributed by atoms with Gasteiger partial charge in [-0.15, -0.1) is 6.58 Å². The number of ether oxygens (including phenoxy) is 1. The minimum Gasteiger partial charge on any atom is -0.462 e. The van der Waals surface area contributed by atoms with E-state index in [1.807, 2.05) is 0 Å². The SMILES string of the molecule is C=CCNS(=O)(=O)c1ccc(C(=O)Nc2ccc3[nH]cc(C(=O)OCC)c(=O)c3c2)cc1. The molecule has 0 saturated carbocycles. The van der Waals surface area contributed by atoms with Crippen LogP contribution in [-0.2, 0) is 14.8 Å². The molecule has 0 fully saturated rings. The molecule has 9 nitrogen and oxygen atoms in total. The average Bonchev–Trinajstić information content (AvgIpc) is 2.78. The van der Waals surface area contributed by atoms with Crippen LogP contribution in [0.15, 0.2) is 71.0 Å². The zero-order chi connectivity index (χ0) is 23.3. The van der Waals surface area contributed by atoms with Crippen LogP contribution < -0.4 is 15.5 Å². The predicted octanol–water partition coefficient (Wildman–Crippen LogP) is 2.42. The van der Waals surface area contributed by atoms with Crippen molar-refractivity contribution in [2.75, 3.05) is 18.5 Å². The molecule has 3 aromatic rings. The molecule has 2 aromatic carbocycles. The van der Waals surface area contributed by atoms with Crippen LogP contribution in [0.25, 0.3) is 10.9 Å². The Labute approximate surface area is 184 Å². The standard InChI is InChI=1S/C22H21N3O6S/c1-3-11-24-32(29,30)16-8-5-14(6-9-16)21(27)25-15-7-10-19-17(12-15)20(26)18(13-23-19)22(28)31-4-2/h3,5-10,12-13,24H,1,4,11H2,2H3,(H,23,26)(H,25,27). The van der Waals surface area contributed by atoms with Gasteiger partial charge in [0.1, 0.15) is 5.56 Å². The summed E-state index contributed by atoms with van der Waals surface area (Å²) in [5.41, 5.74) is 0.391. The monoisotopic (exact) mass is 455 g/mol. The number of benzene rings is 2. The lowest BCUT2D eigenvalue weighted by Crippen LogP contribution is -2.23. The van der Waals surface area contributed by atoms with E-state index in [9.17, 15) is 22.8 Å². The molecule has 0 aliphatic heterocycles. The Hall–Kier alpha value is -3.76. The topological polar surface area (TPSA) is 134 Å². The van der Waals surface area contributed by atoms with E-state index in [0.29, 0.717) is 11.2 Å². The van der Waals surface area contributed by atoms with E-state index in [-0.39, 0.29) is 34.6 Å². The van der Waals surface area contributed by atoms with Gasteiger partial charge in [0.25, 0.3) is 5.91 Å². The molecule has 1 amide bonds. The molecule has 0 radical (unpaired) electrons. The van der Waals surface area contributed by atoms with Crippen LogP contribution in [0.5, 0.6) is 0 Å². The highest BCUT2D eigenvalue weighted by molar-refractivity contribution is 7.89. The summed E-state index contributed by atoms with van der Waals surface area (Å²) in [6.07, 6.45) is 2.71. The molecule has 0 unspecified atom stereocenters. The number of hydrogen-bond donors (Lipinski definition) is 3. The summed E-state index contributed by atoms with van der Waals surface area (Å²) in [7, 11) is -3.70. The number of esters is 1. The van der Waals surface area contributed by atoms with E-state index in [4.69, 9.17) is 4.74 Å². The second-order valence-electron chi connectivity index (χ2n) is 6.63. The van der Waals surface area contributed by atoms with Crippen molar-refractivity contribution in [3.8, 4) is 0 Å². The zero-order valence-corrected chi connectivity index (χ0v) is 18.0. The van der Waals surface area contributed by atoms with Crippen LogP contribution in [0.1, 0.15) is 27.6 Å². The first-order valence-electron chi connectivity index (χ1n) is 9.61. The first kappa shape index (κ1) is 22.9. The van der Waals surface area contributed by atoms with Crippen LogP contribution in [0.2, 0.25) is 0 Å². The van der Waals surface area contributed by atoms with Crippen molar-refractivity contribution in [1.82, 2.24) is 9.71 Å². The van der Waals surface area contributed by atoms with E-state index >= 15 is 0 Å². The normalized spacial score (nSPS) is 11.2. The first-order valence-corrected chi connectivity index (χ1v) is 11.1. The number of carbonyl (C=O) groups is 2. The van der Waals surface area contributed by atoms with Crippen LogP contribution in [-0.4, -0.2) is 38.4 Å². The number of aromatic amines is 1. The summed E-state index contributed by atoms with van der Waals surface area (Å²) in [6, 6.07) is 10.0. The van der Waals surface area contributed by atoms with E-state index < -0.39 is 27.3 Å². The fourth-order valence-electron chi connectivity index (χ4n) is 2.90. The summed E-state index contributed by atoms with van der Waals surface area (Å²) < 4.78 is 31.5. The molecule has 0 atom stereocenters. The third-order valence-corrected chi connectivity index (χ3v) is 5.92. The minimum atomic E-state index is -3.70. The number of anilines is 1. The van der Waals surface area contributed by atoms with Crippen LogP contribution in [0.3, 0.4) is 0 Å². The van der Waals surface area contributed by atoms with Crippen molar-refractivity contribution in [2.45, 2.75) is 11.8 Å². The number of fused-ring (bicyclic) bond motifs is 1. The van der Waals surface area contributed by atoms with Crippen LogP contribution in [0.4, 0.5) is 5.69 Å². The highest BCUT2D eigenvalue weighted by Gasteiger charge is 2.16. The Balaban J connectivity index is 1.83. The Kier molecular flexibility index (Phi) is 6.86. The smallest absolute Gasteiger partial charge is 0.343 e. The maximum Gasteiger partial charge on any atom is 0.343 e. The molecule has 0 saturated heterocycles. The Morgan fingerprint density at radius 3 is 2.53 bits per heavy atom. The van der Waals surface area contributed by atoms with Crippen molar-refractivity contribution in [3.05, 3.63) is 82.7 Å². The summed E-state index contributed by atoms with van der Waals surface area (Å²) in [5, 5.41) is 2.87. The molecule has 0 aliphatic rings. The number of H-pyrrole nitrogens is 1. The van der Waals surface area contributed by atoms with Crippen LogP contribution >= 0.6 is 0 Å². The van der Waals surface area contributed by atoms with Gasteiger partial charge < -0.3 is 15.0 Å². The number of rotatable bonds is 8. The summed E-state index contributed by atoms with van der Waals surface area (Å²) in [6.45, 7) is 5.32. The average molecular weight is 455 g/mol. The molecule has 166 valence electrons. The van der Waals surface area contributed by atoms with Gasteiger partial charge in [-0.2, -0.15) is 0 Å². The molecule has 1 heterocycles. The predicted molar refractivity (Wildman–Crippen MR) is 120 cm³/mol. The molecule has 1 aromatic heterocycles. The highest BCUT2D eigenvalue weighted by Crippen LogP contribution is 2.17. The first-order chi connectivity index (χ1) is 15.3. The molecule has 0 spiro atoms. The third-order valence-electron chi connectivity index (χ3n) is 4.48. The number of sulfonamides is 1. The minimum absolute atomic E-state index is 0.0135. The molecule has 0 bridgehead atoms. The molecule has 32 heavy (non-hydrogen) atoms. The second kappa shape index (κ2) is 9.58. The van der Waals surface area contributed by atoms with E-state index in [2.05, 4.69) is 21.6 Å². The summed E-state index contributed by atoms with van der Waals surface area (Å²) in [4.78, 5) is 40.1. The van der Waals surface area contributed by atoms with Crippen molar-refractivity contribution < 1.29 is 22.7 Å². The molecule has 0 aliphatic carbocycles. The van der Waals surface area contributed by atoms with Gasteiger partial charge in [-0.05, 0) is 49.4 Å². The number of nitrogens with one attached hydrogen (secondary N) is 3. The number of amides is 1. The Morgan fingerprint density at radius 1 is 1.16 bits per heavy atom. The Morgan fingerprint density at radius 2 is 1.88 bits per heavy atom.